The average Bonchev–Trinajstić information content (AvgIpc) is 2.61. The van der Waals surface area contributed by atoms with Crippen molar-refractivity contribution >= 4 is 10.9 Å². The molecule has 2 N–H and O–H groups in total. The highest BCUT2D eigenvalue weighted by atomic mass is 19.3. The van der Waals surface area contributed by atoms with Crippen molar-refractivity contribution in [2.24, 2.45) is 11.8 Å². The molecule has 0 spiro atoms. The zero-order valence-electron chi connectivity index (χ0n) is 15.2. The standard InChI is InChI=1S/C20H22F4N2O2/c21-19(22)5-1-11(2-6-19)12-3-7-20(23,24)10-13(12)15-9-16(27)17-14(26-15)4-8-25-18(17)28/h4,8-9,11-13H,1-3,5-7,10H2,(H,25,28)(H,26,27)/t12-,13+/m0/s1. The fraction of sp³-hybridized carbons (Fsp3) is 0.600. The van der Waals surface area contributed by atoms with Crippen molar-refractivity contribution in [1.82, 2.24) is 9.97 Å². The summed E-state index contributed by atoms with van der Waals surface area (Å²) in [5.41, 5.74) is -0.391. The molecule has 28 heavy (non-hydrogen) atoms. The Balaban J connectivity index is 1.72. The van der Waals surface area contributed by atoms with E-state index in [9.17, 15) is 27.2 Å². The van der Waals surface area contributed by atoms with Crippen LogP contribution in [-0.2, 0) is 0 Å². The number of H-pyrrole nitrogens is 2. The van der Waals surface area contributed by atoms with Crippen LogP contribution in [0.5, 0.6) is 0 Å². The minimum atomic E-state index is -2.86. The highest BCUT2D eigenvalue weighted by molar-refractivity contribution is 5.77. The Bertz CT molecular complexity index is 988. The fourth-order valence-corrected chi connectivity index (χ4v) is 4.98. The first kappa shape index (κ1) is 19.2. The quantitative estimate of drug-likeness (QED) is 0.729. The van der Waals surface area contributed by atoms with Gasteiger partial charge in [0, 0.05) is 49.6 Å². The second-order valence-corrected chi connectivity index (χ2v) is 8.25. The first-order valence-electron chi connectivity index (χ1n) is 9.65. The van der Waals surface area contributed by atoms with E-state index in [0.29, 0.717) is 24.1 Å². The number of rotatable bonds is 2. The number of hydrogen-bond acceptors (Lipinski definition) is 2. The monoisotopic (exact) mass is 398 g/mol. The molecule has 2 aliphatic rings. The summed E-state index contributed by atoms with van der Waals surface area (Å²) in [6, 6.07) is 2.76. The molecule has 2 atom stereocenters. The number of hydrogen-bond donors (Lipinski definition) is 2. The van der Waals surface area contributed by atoms with Crippen molar-refractivity contribution < 1.29 is 17.6 Å². The minimum absolute atomic E-state index is 0.0392. The summed E-state index contributed by atoms with van der Waals surface area (Å²) < 4.78 is 55.5. The Kier molecular flexibility index (Phi) is 4.62. The topological polar surface area (TPSA) is 65.7 Å². The highest BCUT2D eigenvalue weighted by Gasteiger charge is 2.47. The molecule has 0 radical (unpaired) electrons. The Morgan fingerprint density at radius 1 is 0.964 bits per heavy atom. The molecule has 0 bridgehead atoms. The van der Waals surface area contributed by atoms with E-state index in [1.807, 2.05) is 0 Å². The molecule has 0 unspecified atom stereocenters. The smallest absolute Gasteiger partial charge is 0.261 e. The molecule has 4 nitrogen and oxygen atoms in total. The van der Waals surface area contributed by atoms with Crippen molar-refractivity contribution in [2.75, 3.05) is 0 Å². The number of aromatic nitrogens is 2. The number of halogens is 4. The van der Waals surface area contributed by atoms with Gasteiger partial charge < -0.3 is 9.97 Å². The second kappa shape index (κ2) is 6.74. The maximum Gasteiger partial charge on any atom is 0.261 e. The molecule has 0 saturated heterocycles. The van der Waals surface area contributed by atoms with Gasteiger partial charge in [-0.2, -0.15) is 0 Å². The molecule has 2 aliphatic carbocycles. The van der Waals surface area contributed by atoms with Gasteiger partial charge in [0.05, 0.1) is 5.52 Å². The summed E-state index contributed by atoms with van der Waals surface area (Å²) in [4.78, 5) is 29.8. The lowest BCUT2D eigenvalue weighted by atomic mass is 9.65. The van der Waals surface area contributed by atoms with E-state index < -0.39 is 35.2 Å². The third kappa shape index (κ3) is 3.61. The summed E-state index contributed by atoms with van der Waals surface area (Å²) in [7, 11) is 0. The Morgan fingerprint density at radius 2 is 1.64 bits per heavy atom. The molecule has 2 heterocycles. The van der Waals surface area contributed by atoms with Gasteiger partial charge in [-0.1, -0.05) is 0 Å². The predicted molar refractivity (Wildman–Crippen MR) is 97.1 cm³/mol. The second-order valence-electron chi connectivity index (χ2n) is 8.25. The summed E-state index contributed by atoms with van der Waals surface area (Å²) in [5, 5.41) is -0.0392. The molecule has 2 aromatic heterocycles. The molecular weight excluding hydrogens is 376 g/mol. The van der Waals surface area contributed by atoms with Gasteiger partial charge in [0.25, 0.3) is 5.56 Å². The van der Waals surface area contributed by atoms with Gasteiger partial charge in [0.15, 0.2) is 5.43 Å². The van der Waals surface area contributed by atoms with E-state index in [-0.39, 0.29) is 42.9 Å². The maximum atomic E-state index is 14.2. The van der Waals surface area contributed by atoms with Gasteiger partial charge in [-0.3, -0.25) is 9.59 Å². The number of fused-ring (bicyclic) bond motifs is 1. The van der Waals surface area contributed by atoms with Gasteiger partial charge in [-0.15, -0.1) is 0 Å². The van der Waals surface area contributed by atoms with Gasteiger partial charge >= 0.3 is 0 Å². The number of alkyl halides is 4. The van der Waals surface area contributed by atoms with Crippen LogP contribution >= 0.6 is 0 Å². The van der Waals surface area contributed by atoms with Crippen LogP contribution in [0.15, 0.2) is 27.9 Å². The van der Waals surface area contributed by atoms with Crippen molar-refractivity contribution in [1.29, 1.82) is 0 Å². The maximum absolute atomic E-state index is 14.2. The van der Waals surface area contributed by atoms with Crippen molar-refractivity contribution in [3.8, 4) is 0 Å². The molecular formula is C20H22F4N2O2. The summed E-state index contributed by atoms with van der Waals surface area (Å²) in [6.07, 6.45) is 1.11. The van der Waals surface area contributed by atoms with Crippen LogP contribution in [0.2, 0.25) is 0 Å². The largest absolute Gasteiger partial charge is 0.358 e. The molecule has 2 fully saturated rings. The average molecular weight is 398 g/mol. The molecule has 8 heteroatoms. The van der Waals surface area contributed by atoms with Crippen LogP contribution in [0.1, 0.15) is 56.6 Å². The Morgan fingerprint density at radius 3 is 2.36 bits per heavy atom. The predicted octanol–water partition coefficient (Wildman–Crippen LogP) is 4.56. The Hall–Kier alpha value is -2.12. The molecule has 2 saturated carbocycles. The van der Waals surface area contributed by atoms with Gasteiger partial charge in [-0.05, 0) is 37.2 Å². The lowest BCUT2D eigenvalue weighted by Crippen LogP contribution is -2.38. The Labute approximate surface area is 158 Å². The van der Waals surface area contributed by atoms with Crippen LogP contribution in [-0.4, -0.2) is 21.8 Å². The van der Waals surface area contributed by atoms with Gasteiger partial charge in [0.1, 0.15) is 5.39 Å². The molecule has 2 aromatic rings. The SMILES string of the molecule is O=c1cc([C@@H]2CC(F)(F)CC[C@H]2C2CCC(F)(F)CC2)[nH]c2cc[nH]c(=O)c12. The first-order chi connectivity index (χ1) is 13.2. The van der Waals surface area contributed by atoms with E-state index in [1.165, 1.54) is 18.3 Å². The summed E-state index contributed by atoms with van der Waals surface area (Å²) in [6.45, 7) is 0. The van der Waals surface area contributed by atoms with Crippen LogP contribution in [0.4, 0.5) is 17.6 Å². The zero-order valence-corrected chi connectivity index (χ0v) is 15.2. The minimum Gasteiger partial charge on any atom is -0.358 e. The van der Waals surface area contributed by atoms with Gasteiger partial charge in [0.2, 0.25) is 11.8 Å². The highest BCUT2D eigenvalue weighted by Crippen LogP contribution is 2.51. The number of nitrogens with one attached hydrogen (secondary N) is 2. The number of aromatic amines is 2. The van der Waals surface area contributed by atoms with Crippen LogP contribution in [0.25, 0.3) is 10.9 Å². The van der Waals surface area contributed by atoms with Gasteiger partial charge in [-0.25, -0.2) is 17.6 Å². The summed E-state index contributed by atoms with van der Waals surface area (Å²) in [5.74, 6) is -6.43. The van der Waals surface area contributed by atoms with E-state index in [1.54, 1.807) is 0 Å². The lowest BCUT2D eigenvalue weighted by Gasteiger charge is -2.42. The van der Waals surface area contributed by atoms with Crippen molar-refractivity contribution in [3.63, 3.8) is 0 Å². The molecule has 0 amide bonds. The first-order valence-corrected chi connectivity index (χ1v) is 9.65. The third-order valence-corrected chi connectivity index (χ3v) is 6.42. The van der Waals surface area contributed by atoms with Crippen LogP contribution in [0.3, 0.4) is 0 Å². The molecule has 0 aromatic carbocycles. The molecule has 0 aliphatic heterocycles. The van der Waals surface area contributed by atoms with E-state index in [4.69, 9.17) is 0 Å². The molecule has 152 valence electrons. The normalized spacial score (nSPS) is 27.7. The summed E-state index contributed by atoms with van der Waals surface area (Å²) >= 11 is 0. The van der Waals surface area contributed by atoms with Crippen LogP contribution < -0.4 is 11.0 Å². The van der Waals surface area contributed by atoms with E-state index in [0.717, 1.165) is 0 Å². The third-order valence-electron chi connectivity index (χ3n) is 6.42. The van der Waals surface area contributed by atoms with Crippen molar-refractivity contribution in [2.45, 2.75) is 62.7 Å². The van der Waals surface area contributed by atoms with Crippen molar-refractivity contribution in [3.05, 3.63) is 44.6 Å². The van der Waals surface area contributed by atoms with E-state index in [2.05, 4.69) is 9.97 Å². The fourth-order valence-electron chi connectivity index (χ4n) is 4.98. The van der Waals surface area contributed by atoms with Crippen LogP contribution in [0, 0.1) is 11.8 Å². The van der Waals surface area contributed by atoms with E-state index >= 15 is 0 Å². The lowest BCUT2D eigenvalue weighted by molar-refractivity contribution is -0.0840. The zero-order chi connectivity index (χ0) is 20.1. The number of pyridine rings is 2. The molecule has 4 rings (SSSR count).